The third-order valence-electron chi connectivity index (χ3n) is 5.46. The second-order valence-corrected chi connectivity index (χ2v) is 7.33. The molecule has 1 saturated carbocycles. The third-order valence-corrected chi connectivity index (χ3v) is 5.46. The lowest BCUT2D eigenvalue weighted by Crippen LogP contribution is -2.46. The monoisotopic (exact) mass is 340 g/mol. The number of carbonyl (C=O) groups excluding carboxylic acids is 1. The lowest BCUT2D eigenvalue weighted by atomic mass is 9.79. The number of hydrogen-bond acceptors (Lipinski definition) is 3. The Bertz CT molecular complexity index is 532. The van der Waals surface area contributed by atoms with Gasteiger partial charge in [0.25, 0.3) is 0 Å². The van der Waals surface area contributed by atoms with Crippen molar-refractivity contribution in [3.8, 4) is 0 Å². The molecular formula is C17H29ClN4O. The Kier molecular flexibility index (Phi) is 6.09. The molecule has 6 heteroatoms. The Labute approximate surface area is 145 Å². The molecule has 1 amide bonds. The molecule has 0 aromatic carbocycles. The fourth-order valence-electron chi connectivity index (χ4n) is 4.11. The standard InChI is InChI=1S/C17H28N4O.ClH/c1-11-4-5-16(12(2)6-11)20-17(22)15-9-18-8-14(15)13-7-19-21(3)10-13;/h7,10-12,14-16,18H,4-6,8-9H2,1-3H3,(H,20,22);1H/t11?,12?,14-,15+,16?;/m1./s1. The van der Waals surface area contributed by atoms with Crippen LogP contribution in [0.4, 0.5) is 0 Å². The van der Waals surface area contributed by atoms with Crippen molar-refractivity contribution in [1.29, 1.82) is 0 Å². The highest BCUT2D eigenvalue weighted by molar-refractivity contribution is 5.85. The summed E-state index contributed by atoms with van der Waals surface area (Å²) in [6.07, 6.45) is 7.49. The molecule has 1 aromatic heterocycles. The molecule has 3 rings (SSSR count). The lowest BCUT2D eigenvalue weighted by molar-refractivity contribution is -0.126. The maximum absolute atomic E-state index is 12.8. The van der Waals surface area contributed by atoms with E-state index in [1.165, 1.54) is 12.8 Å². The van der Waals surface area contributed by atoms with E-state index >= 15 is 0 Å². The zero-order valence-electron chi connectivity index (χ0n) is 14.3. The number of nitrogens with zero attached hydrogens (tertiary/aromatic N) is 2. The second kappa shape index (κ2) is 7.67. The third kappa shape index (κ3) is 4.07. The zero-order valence-corrected chi connectivity index (χ0v) is 15.1. The van der Waals surface area contributed by atoms with Crippen molar-refractivity contribution < 1.29 is 4.79 Å². The number of rotatable bonds is 3. The van der Waals surface area contributed by atoms with E-state index in [9.17, 15) is 4.79 Å². The van der Waals surface area contributed by atoms with Gasteiger partial charge in [-0.1, -0.05) is 13.8 Å². The van der Waals surface area contributed by atoms with E-state index in [2.05, 4.69) is 29.6 Å². The molecule has 130 valence electrons. The SMILES string of the molecule is CC1CCC(NC(=O)[C@H]2CNC[C@@H]2c2cnn(C)c2)C(C)C1.Cl. The number of nitrogens with one attached hydrogen (secondary N) is 2. The van der Waals surface area contributed by atoms with Crippen LogP contribution in [0, 0.1) is 17.8 Å². The van der Waals surface area contributed by atoms with E-state index in [1.807, 2.05) is 24.1 Å². The molecule has 5 atom stereocenters. The minimum absolute atomic E-state index is 0. The molecule has 2 aliphatic rings. The highest BCUT2D eigenvalue weighted by Crippen LogP contribution is 2.31. The summed E-state index contributed by atoms with van der Waals surface area (Å²) in [4.78, 5) is 12.8. The number of halogens is 1. The van der Waals surface area contributed by atoms with Crippen molar-refractivity contribution in [2.24, 2.45) is 24.8 Å². The predicted molar refractivity (Wildman–Crippen MR) is 93.7 cm³/mol. The summed E-state index contributed by atoms with van der Waals surface area (Å²) >= 11 is 0. The molecule has 1 aliphatic heterocycles. The molecule has 1 aliphatic carbocycles. The molecule has 0 radical (unpaired) electrons. The van der Waals surface area contributed by atoms with Gasteiger partial charge in [-0.3, -0.25) is 9.48 Å². The average Bonchev–Trinajstić information content (AvgIpc) is 3.10. The van der Waals surface area contributed by atoms with Crippen LogP contribution in [-0.4, -0.2) is 34.8 Å². The van der Waals surface area contributed by atoms with E-state index < -0.39 is 0 Å². The maximum atomic E-state index is 12.8. The van der Waals surface area contributed by atoms with Crippen LogP contribution in [0.3, 0.4) is 0 Å². The van der Waals surface area contributed by atoms with Crippen molar-refractivity contribution in [1.82, 2.24) is 20.4 Å². The topological polar surface area (TPSA) is 59.0 Å². The number of carbonyl (C=O) groups is 1. The number of hydrogen-bond donors (Lipinski definition) is 2. The maximum Gasteiger partial charge on any atom is 0.225 e. The predicted octanol–water partition coefficient (Wildman–Crippen LogP) is 2.09. The van der Waals surface area contributed by atoms with Crippen LogP contribution in [0.1, 0.15) is 44.6 Å². The average molecular weight is 341 g/mol. The summed E-state index contributed by atoms with van der Waals surface area (Å²) in [6, 6.07) is 0.346. The van der Waals surface area contributed by atoms with Crippen molar-refractivity contribution >= 4 is 18.3 Å². The minimum atomic E-state index is 0. The van der Waals surface area contributed by atoms with Crippen LogP contribution in [0.2, 0.25) is 0 Å². The first-order chi connectivity index (χ1) is 10.5. The van der Waals surface area contributed by atoms with Gasteiger partial charge in [-0.25, -0.2) is 0 Å². The molecule has 2 N–H and O–H groups in total. The largest absolute Gasteiger partial charge is 0.353 e. The molecule has 5 nitrogen and oxygen atoms in total. The highest BCUT2D eigenvalue weighted by Gasteiger charge is 2.36. The zero-order chi connectivity index (χ0) is 15.7. The van der Waals surface area contributed by atoms with Gasteiger partial charge in [0.2, 0.25) is 5.91 Å². The number of amides is 1. The Morgan fingerprint density at radius 3 is 2.78 bits per heavy atom. The van der Waals surface area contributed by atoms with Crippen LogP contribution < -0.4 is 10.6 Å². The van der Waals surface area contributed by atoms with Crippen LogP contribution in [-0.2, 0) is 11.8 Å². The first kappa shape index (κ1) is 18.3. The Morgan fingerprint density at radius 1 is 1.35 bits per heavy atom. The van der Waals surface area contributed by atoms with E-state index in [0.29, 0.717) is 12.0 Å². The molecule has 1 saturated heterocycles. The highest BCUT2D eigenvalue weighted by atomic mass is 35.5. The van der Waals surface area contributed by atoms with Gasteiger partial charge in [0.15, 0.2) is 0 Å². The van der Waals surface area contributed by atoms with Crippen molar-refractivity contribution in [3.63, 3.8) is 0 Å². The smallest absolute Gasteiger partial charge is 0.225 e. The Hall–Kier alpha value is -1.07. The van der Waals surface area contributed by atoms with Gasteiger partial charge in [0.05, 0.1) is 12.1 Å². The fourth-order valence-corrected chi connectivity index (χ4v) is 4.11. The Morgan fingerprint density at radius 2 is 2.13 bits per heavy atom. The van der Waals surface area contributed by atoms with Gasteiger partial charge in [-0.05, 0) is 36.7 Å². The quantitative estimate of drug-likeness (QED) is 0.885. The molecule has 0 bridgehead atoms. The van der Waals surface area contributed by atoms with Gasteiger partial charge in [0.1, 0.15) is 0 Å². The molecular weight excluding hydrogens is 312 g/mol. The summed E-state index contributed by atoms with van der Waals surface area (Å²) in [7, 11) is 1.92. The van der Waals surface area contributed by atoms with Gasteiger partial charge < -0.3 is 10.6 Å². The minimum Gasteiger partial charge on any atom is -0.353 e. The van der Waals surface area contributed by atoms with Gasteiger partial charge in [-0.2, -0.15) is 5.10 Å². The molecule has 2 heterocycles. The Balaban J connectivity index is 0.00000192. The van der Waals surface area contributed by atoms with Crippen LogP contribution in [0.15, 0.2) is 12.4 Å². The van der Waals surface area contributed by atoms with E-state index in [1.54, 1.807) is 0 Å². The van der Waals surface area contributed by atoms with E-state index in [0.717, 1.165) is 31.0 Å². The lowest BCUT2D eigenvalue weighted by Gasteiger charge is -2.34. The van der Waals surface area contributed by atoms with Gasteiger partial charge in [-0.15, -0.1) is 12.4 Å². The van der Waals surface area contributed by atoms with Crippen LogP contribution in [0.25, 0.3) is 0 Å². The first-order valence-corrected chi connectivity index (χ1v) is 8.54. The first-order valence-electron chi connectivity index (χ1n) is 8.54. The van der Waals surface area contributed by atoms with E-state index in [-0.39, 0.29) is 30.2 Å². The number of aromatic nitrogens is 2. The molecule has 1 aromatic rings. The van der Waals surface area contributed by atoms with Crippen molar-refractivity contribution in [2.75, 3.05) is 13.1 Å². The molecule has 23 heavy (non-hydrogen) atoms. The summed E-state index contributed by atoms with van der Waals surface area (Å²) < 4.78 is 1.81. The molecule has 2 fully saturated rings. The summed E-state index contributed by atoms with van der Waals surface area (Å²) in [5.74, 6) is 1.85. The second-order valence-electron chi connectivity index (χ2n) is 7.33. The normalized spacial score (nSPS) is 34.0. The molecule has 3 unspecified atom stereocenters. The van der Waals surface area contributed by atoms with Crippen LogP contribution >= 0.6 is 12.4 Å². The van der Waals surface area contributed by atoms with Gasteiger partial charge >= 0.3 is 0 Å². The summed E-state index contributed by atoms with van der Waals surface area (Å²) in [6.45, 7) is 6.21. The van der Waals surface area contributed by atoms with Gasteiger partial charge in [0, 0.05) is 38.3 Å². The summed E-state index contributed by atoms with van der Waals surface area (Å²) in [5, 5.41) is 10.9. The van der Waals surface area contributed by atoms with Crippen LogP contribution in [0.5, 0.6) is 0 Å². The van der Waals surface area contributed by atoms with Crippen molar-refractivity contribution in [2.45, 2.75) is 45.1 Å². The number of aryl methyl sites for hydroxylation is 1. The summed E-state index contributed by atoms with van der Waals surface area (Å²) in [5.41, 5.74) is 1.16. The molecule has 0 spiro atoms. The fraction of sp³-hybridized carbons (Fsp3) is 0.765. The van der Waals surface area contributed by atoms with E-state index in [4.69, 9.17) is 0 Å². The van der Waals surface area contributed by atoms with Crippen molar-refractivity contribution in [3.05, 3.63) is 18.0 Å².